The molecule has 26 heavy (non-hydrogen) atoms. The van der Waals surface area contributed by atoms with E-state index in [1.165, 1.54) is 27.7 Å². The molecule has 0 saturated carbocycles. The highest BCUT2D eigenvalue weighted by Gasteiger charge is 2.27. The highest BCUT2D eigenvalue weighted by Crippen LogP contribution is 2.32. The van der Waals surface area contributed by atoms with Gasteiger partial charge in [-0.3, -0.25) is 0 Å². The Morgan fingerprint density at radius 2 is 1.92 bits per heavy atom. The Morgan fingerprint density at radius 1 is 1.23 bits per heavy atom. The van der Waals surface area contributed by atoms with Crippen LogP contribution in [0.3, 0.4) is 0 Å². The summed E-state index contributed by atoms with van der Waals surface area (Å²) in [5, 5.41) is 1.24. The van der Waals surface area contributed by atoms with Crippen LogP contribution in [0.15, 0.2) is 48.1 Å². The summed E-state index contributed by atoms with van der Waals surface area (Å²) >= 11 is 0. The lowest BCUT2D eigenvalue weighted by Gasteiger charge is -2.33. The van der Waals surface area contributed by atoms with Gasteiger partial charge in [-0.25, -0.2) is 4.79 Å². The van der Waals surface area contributed by atoms with E-state index in [0.717, 1.165) is 12.0 Å². The molecule has 0 radical (unpaired) electrons. The molecule has 0 atom stereocenters. The zero-order chi connectivity index (χ0) is 19.1. The van der Waals surface area contributed by atoms with Crippen molar-refractivity contribution in [2.24, 2.45) is 7.05 Å². The Kier molecular flexibility index (Phi) is 4.70. The summed E-state index contributed by atoms with van der Waals surface area (Å²) in [7, 11) is 2.10. The minimum absolute atomic E-state index is 0.264. The predicted molar refractivity (Wildman–Crippen MR) is 107 cm³/mol. The number of allylic oxidation sites excluding steroid dienone is 1. The smallest absolute Gasteiger partial charge is 0.410 e. The molecule has 2 heterocycles. The number of piperidine rings is 1. The zero-order valence-corrected chi connectivity index (χ0v) is 16.4. The fourth-order valence-electron chi connectivity index (χ4n) is 3.57. The molecule has 0 aliphatic carbocycles. The number of ether oxygens (including phenoxy) is 1. The number of carbonyl (C=O) groups is 1. The van der Waals surface area contributed by atoms with Gasteiger partial charge in [0.2, 0.25) is 0 Å². The number of likely N-dealkylation sites (tertiary alicyclic amines) is 1. The van der Waals surface area contributed by atoms with Crippen molar-refractivity contribution < 1.29 is 9.53 Å². The maximum Gasteiger partial charge on any atom is 0.410 e. The van der Waals surface area contributed by atoms with E-state index < -0.39 is 5.60 Å². The Hall–Kier alpha value is -2.49. The molecule has 3 rings (SSSR count). The Balaban J connectivity index is 1.84. The molecule has 1 aliphatic heterocycles. The van der Waals surface area contributed by atoms with E-state index in [4.69, 9.17) is 4.74 Å². The average Bonchev–Trinajstić information content (AvgIpc) is 2.90. The third-order valence-electron chi connectivity index (χ3n) is 4.88. The number of carbonyl (C=O) groups excluding carboxylic acids is 1. The number of amides is 1. The number of fused-ring (bicyclic) bond motifs is 1. The molecule has 0 N–H and O–H groups in total. The molecule has 1 saturated heterocycles. The molecule has 1 amide bonds. The van der Waals surface area contributed by atoms with E-state index in [0.29, 0.717) is 13.1 Å². The predicted octanol–water partition coefficient (Wildman–Crippen LogP) is 5.15. The molecule has 1 aliphatic rings. The molecule has 0 bridgehead atoms. The SMILES string of the molecule is C=C1CN(C(=O)OC(C)(C)C)CC/C1=C(/C)c1cc2ccccc2n1C. The van der Waals surface area contributed by atoms with Crippen molar-refractivity contribution in [1.82, 2.24) is 9.47 Å². The molecule has 2 aromatic rings. The lowest BCUT2D eigenvalue weighted by molar-refractivity contribution is 0.0259. The van der Waals surface area contributed by atoms with Gasteiger partial charge in [0, 0.05) is 36.7 Å². The monoisotopic (exact) mass is 352 g/mol. The third kappa shape index (κ3) is 3.55. The van der Waals surface area contributed by atoms with Crippen LogP contribution in [0.4, 0.5) is 4.79 Å². The number of hydrogen-bond donors (Lipinski definition) is 0. The maximum atomic E-state index is 12.3. The van der Waals surface area contributed by atoms with Crippen LogP contribution in [0, 0.1) is 0 Å². The zero-order valence-electron chi connectivity index (χ0n) is 16.4. The fourth-order valence-corrected chi connectivity index (χ4v) is 3.57. The van der Waals surface area contributed by atoms with Crippen LogP contribution >= 0.6 is 0 Å². The van der Waals surface area contributed by atoms with Gasteiger partial charge in [0.05, 0.1) is 0 Å². The highest BCUT2D eigenvalue weighted by molar-refractivity contribution is 5.86. The first-order valence-corrected chi connectivity index (χ1v) is 9.08. The van der Waals surface area contributed by atoms with E-state index in [-0.39, 0.29) is 6.09 Å². The van der Waals surface area contributed by atoms with E-state index >= 15 is 0 Å². The first-order chi connectivity index (χ1) is 12.2. The summed E-state index contributed by atoms with van der Waals surface area (Å²) in [4.78, 5) is 14.1. The standard InChI is InChI=1S/C22H28N2O2/c1-15-14-24(21(25)26-22(3,4)5)12-11-18(15)16(2)20-13-17-9-7-8-10-19(17)23(20)6/h7-10,13H,1,11-12,14H2,2-6H3/b18-16+. The highest BCUT2D eigenvalue weighted by atomic mass is 16.6. The van der Waals surface area contributed by atoms with Gasteiger partial charge in [0.1, 0.15) is 5.60 Å². The van der Waals surface area contributed by atoms with Crippen LogP contribution in [0.25, 0.3) is 16.5 Å². The van der Waals surface area contributed by atoms with Gasteiger partial charge in [-0.15, -0.1) is 0 Å². The third-order valence-corrected chi connectivity index (χ3v) is 4.88. The quantitative estimate of drug-likeness (QED) is 0.711. The number of benzene rings is 1. The lowest BCUT2D eigenvalue weighted by atomic mass is 9.93. The number of aryl methyl sites for hydroxylation is 1. The molecule has 138 valence electrons. The molecular weight excluding hydrogens is 324 g/mol. The van der Waals surface area contributed by atoms with Crippen LogP contribution in [0.2, 0.25) is 0 Å². The van der Waals surface area contributed by atoms with Crippen LogP contribution in [0.1, 0.15) is 39.8 Å². The minimum atomic E-state index is -0.479. The molecule has 1 fully saturated rings. The molecule has 0 unspecified atom stereocenters. The first-order valence-electron chi connectivity index (χ1n) is 9.08. The van der Waals surface area contributed by atoms with Crippen molar-refractivity contribution in [2.45, 2.75) is 39.7 Å². The van der Waals surface area contributed by atoms with E-state index in [1.807, 2.05) is 20.8 Å². The van der Waals surface area contributed by atoms with Gasteiger partial charge in [0.15, 0.2) is 0 Å². The average molecular weight is 352 g/mol. The molecule has 4 nitrogen and oxygen atoms in total. The topological polar surface area (TPSA) is 34.5 Å². The van der Waals surface area contributed by atoms with Crippen molar-refractivity contribution in [2.75, 3.05) is 13.1 Å². The Morgan fingerprint density at radius 3 is 2.54 bits per heavy atom. The molecule has 0 spiro atoms. The lowest BCUT2D eigenvalue weighted by Crippen LogP contribution is -2.41. The van der Waals surface area contributed by atoms with Gasteiger partial charge in [0.25, 0.3) is 0 Å². The van der Waals surface area contributed by atoms with E-state index in [9.17, 15) is 4.79 Å². The van der Waals surface area contributed by atoms with Crippen molar-refractivity contribution in [3.8, 4) is 0 Å². The molecule has 1 aromatic carbocycles. The van der Waals surface area contributed by atoms with Gasteiger partial charge in [-0.2, -0.15) is 0 Å². The van der Waals surface area contributed by atoms with Crippen molar-refractivity contribution in [3.05, 3.63) is 53.8 Å². The van der Waals surface area contributed by atoms with Gasteiger partial charge in [-0.05, 0) is 63.0 Å². The van der Waals surface area contributed by atoms with Crippen molar-refractivity contribution >= 4 is 22.6 Å². The maximum absolute atomic E-state index is 12.3. The Bertz CT molecular complexity index is 896. The number of aromatic nitrogens is 1. The summed E-state index contributed by atoms with van der Waals surface area (Å²) in [5.41, 5.74) is 5.42. The van der Waals surface area contributed by atoms with Crippen molar-refractivity contribution in [1.29, 1.82) is 0 Å². The molecule has 1 aromatic heterocycles. The number of hydrogen-bond acceptors (Lipinski definition) is 2. The van der Waals surface area contributed by atoms with Gasteiger partial charge in [-0.1, -0.05) is 24.8 Å². The minimum Gasteiger partial charge on any atom is -0.444 e. The van der Waals surface area contributed by atoms with Crippen LogP contribution < -0.4 is 0 Å². The molecule has 4 heteroatoms. The Labute approximate surface area is 155 Å². The normalized spacial score (nSPS) is 17.6. The summed E-state index contributed by atoms with van der Waals surface area (Å²) < 4.78 is 7.72. The van der Waals surface area contributed by atoms with Crippen molar-refractivity contribution in [3.63, 3.8) is 0 Å². The van der Waals surface area contributed by atoms with Gasteiger partial charge < -0.3 is 14.2 Å². The first kappa shape index (κ1) is 18.3. The van der Waals surface area contributed by atoms with Crippen LogP contribution in [0.5, 0.6) is 0 Å². The second-order valence-electron chi connectivity index (χ2n) is 8.01. The number of rotatable bonds is 1. The van der Waals surface area contributed by atoms with Crippen LogP contribution in [-0.2, 0) is 11.8 Å². The van der Waals surface area contributed by atoms with E-state index in [2.05, 4.69) is 55.4 Å². The fraction of sp³-hybridized carbons (Fsp3) is 0.409. The second-order valence-corrected chi connectivity index (χ2v) is 8.01. The summed E-state index contributed by atoms with van der Waals surface area (Å²) in [6, 6.07) is 10.6. The summed E-state index contributed by atoms with van der Waals surface area (Å²) in [6.45, 7) is 13.2. The molecular formula is C22H28N2O2. The summed E-state index contributed by atoms with van der Waals surface area (Å²) in [5.74, 6) is 0. The number of nitrogens with zero attached hydrogens (tertiary/aromatic N) is 2. The second kappa shape index (κ2) is 6.67. The largest absolute Gasteiger partial charge is 0.444 e. The summed E-state index contributed by atoms with van der Waals surface area (Å²) in [6.07, 6.45) is 0.533. The van der Waals surface area contributed by atoms with Crippen LogP contribution in [-0.4, -0.2) is 34.3 Å². The van der Waals surface area contributed by atoms with E-state index in [1.54, 1.807) is 4.90 Å². The van der Waals surface area contributed by atoms with Gasteiger partial charge >= 0.3 is 6.09 Å². The number of para-hydroxylation sites is 1.